The SMILES string of the molecule is O=C1CC[C@H]2C[C@@](C(=O)NCc3ccco3)(c3ccc(F)cc3)CN12. The highest BCUT2D eigenvalue weighted by molar-refractivity contribution is 5.91. The summed E-state index contributed by atoms with van der Waals surface area (Å²) in [6.45, 7) is 0.625. The Morgan fingerprint density at radius 3 is 2.80 bits per heavy atom. The van der Waals surface area contributed by atoms with Crippen LogP contribution in [0.25, 0.3) is 0 Å². The van der Waals surface area contributed by atoms with Crippen LogP contribution in [0.5, 0.6) is 0 Å². The van der Waals surface area contributed by atoms with Crippen LogP contribution in [0, 0.1) is 5.82 Å². The van der Waals surface area contributed by atoms with Gasteiger partial charge in [0.2, 0.25) is 11.8 Å². The molecule has 3 heterocycles. The van der Waals surface area contributed by atoms with Crippen molar-refractivity contribution >= 4 is 11.8 Å². The van der Waals surface area contributed by atoms with Gasteiger partial charge in [0.05, 0.1) is 18.2 Å². The molecule has 2 aromatic rings. The van der Waals surface area contributed by atoms with Crippen molar-refractivity contribution in [3.05, 3.63) is 59.8 Å². The maximum Gasteiger partial charge on any atom is 0.232 e. The normalized spacial score (nSPS) is 25.2. The van der Waals surface area contributed by atoms with Crippen LogP contribution >= 0.6 is 0 Å². The number of fused-ring (bicyclic) bond motifs is 1. The third-order valence-corrected chi connectivity index (χ3v) is 5.31. The van der Waals surface area contributed by atoms with E-state index in [1.54, 1.807) is 35.4 Å². The number of hydrogen-bond acceptors (Lipinski definition) is 3. The van der Waals surface area contributed by atoms with E-state index in [4.69, 9.17) is 4.42 Å². The zero-order valence-electron chi connectivity index (χ0n) is 13.7. The maximum atomic E-state index is 13.3. The van der Waals surface area contributed by atoms with Gasteiger partial charge < -0.3 is 14.6 Å². The number of halogens is 1. The van der Waals surface area contributed by atoms with Crippen molar-refractivity contribution in [1.82, 2.24) is 10.2 Å². The molecule has 2 aliphatic heterocycles. The molecule has 1 aromatic carbocycles. The lowest BCUT2D eigenvalue weighted by Gasteiger charge is -2.28. The molecule has 2 aliphatic rings. The van der Waals surface area contributed by atoms with Gasteiger partial charge in [-0.15, -0.1) is 0 Å². The van der Waals surface area contributed by atoms with Gasteiger partial charge in [0, 0.05) is 19.0 Å². The van der Waals surface area contributed by atoms with Crippen molar-refractivity contribution in [3.63, 3.8) is 0 Å². The van der Waals surface area contributed by atoms with Crippen LogP contribution in [0.2, 0.25) is 0 Å². The van der Waals surface area contributed by atoms with Crippen molar-refractivity contribution in [2.75, 3.05) is 6.54 Å². The van der Waals surface area contributed by atoms with E-state index in [0.29, 0.717) is 25.1 Å². The van der Waals surface area contributed by atoms with Crippen molar-refractivity contribution in [1.29, 1.82) is 0 Å². The molecular formula is C19H19FN2O3. The Kier molecular flexibility index (Phi) is 3.82. The predicted octanol–water partition coefficient (Wildman–Crippen LogP) is 2.37. The molecule has 2 amide bonds. The first kappa shape index (κ1) is 15.9. The molecule has 0 radical (unpaired) electrons. The van der Waals surface area contributed by atoms with Crippen LogP contribution in [-0.2, 0) is 21.5 Å². The summed E-state index contributed by atoms with van der Waals surface area (Å²) in [5, 5.41) is 2.92. The molecule has 1 aromatic heterocycles. The zero-order valence-corrected chi connectivity index (χ0v) is 13.7. The highest BCUT2D eigenvalue weighted by atomic mass is 19.1. The largest absolute Gasteiger partial charge is 0.467 e. The first-order valence-corrected chi connectivity index (χ1v) is 8.45. The average Bonchev–Trinajstić information content (AvgIpc) is 3.32. The fourth-order valence-corrected chi connectivity index (χ4v) is 4.00. The van der Waals surface area contributed by atoms with Gasteiger partial charge in [-0.2, -0.15) is 0 Å². The number of nitrogens with zero attached hydrogens (tertiary/aromatic N) is 1. The smallest absolute Gasteiger partial charge is 0.232 e. The molecule has 0 unspecified atom stereocenters. The number of rotatable bonds is 4. The Labute approximate surface area is 144 Å². The second-order valence-corrected chi connectivity index (χ2v) is 6.77. The quantitative estimate of drug-likeness (QED) is 0.928. The van der Waals surface area contributed by atoms with Crippen molar-refractivity contribution < 1.29 is 18.4 Å². The lowest BCUT2D eigenvalue weighted by atomic mass is 9.77. The second kappa shape index (κ2) is 6.02. The molecule has 4 rings (SSSR count). The first-order chi connectivity index (χ1) is 12.1. The van der Waals surface area contributed by atoms with Gasteiger partial charge in [0.25, 0.3) is 0 Å². The number of carbonyl (C=O) groups excluding carboxylic acids is 2. The number of benzene rings is 1. The van der Waals surface area contributed by atoms with Gasteiger partial charge >= 0.3 is 0 Å². The Bertz CT molecular complexity index is 788. The topological polar surface area (TPSA) is 62.6 Å². The first-order valence-electron chi connectivity index (χ1n) is 8.45. The van der Waals surface area contributed by atoms with Gasteiger partial charge in [0.1, 0.15) is 11.6 Å². The minimum Gasteiger partial charge on any atom is -0.467 e. The molecule has 0 aliphatic carbocycles. The molecule has 0 spiro atoms. The van der Waals surface area contributed by atoms with E-state index in [-0.39, 0.29) is 30.2 Å². The molecule has 2 saturated heterocycles. The fourth-order valence-electron chi connectivity index (χ4n) is 4.00. The summed E-state index contributed by atoms with van der Waals surface area (Å²) in [7, 11) is 0. The van der Waals surface area contributed by atoms with E-state index >= 15 is 0 Å². The van der Waals surface area contributed by atoms with Gasteiger partial charge in [-0.05, 0) is 42.7 Å². The molecular weight excluding hydrogens is 323 g/mol. The molecule has 5 nitrogen and oxygen atoms in total. The van der Waals surface area contributed by atoms with Crippen LogP contribution in [0.15, 0.2) is 47.1 Å². The minimum atomic E-state index is -0.846. The molecule has 2 atom stereocenters. The summed E-state index contributed by atoms with van der Waals surface area (Å²) < 4.78 is 18.6. The molecule has 1 N–H and O–H groups in total. The fraction of sp³-hybridized carbons (Fsp3) is 0.368. The predicted molar refractivity (Wildman–Crippen MR) is 88.0 cm³/mol. The van der Waals surface area contributed by atoms with Crippen LogP contribution in [0.4, 0.5) is 4.39 Å². The summed E-state index contributed by atoms with van der Waals surface area (Å²) in [6, 6.07) is 9.66. The summed E-state index contributed by atoms with van der Waals surface area (Å²) >= 11 is 0. The van der Waals surface area contributed by atoms with Crippen molar-refractivity contribution in [2.45, 2.75) is 37.3 Å². The Morgan fingerprint density at radius 2 is 2.12 bits per heavy atom. The summed E-state index contributed by atoms with van der Waals surface area (Å²) in [5.74, 6) is 0.257. The Balaban J connectivity index is 1.63. The van der Waals surface area contributed by atoms with Crippen LogP contribution in [-0.4, -0.2) is 29.3 Å². The van der Waals surface area contributed by atoms with Gasteiger partial charge in [-0.3, -0.25) is 9.59 Å². The van der Waals surface area contributed by atoms with E-state index in [0.717, 1.165) is 12.0 Å². The summed E-state index contributed by atoms with van der Waals surface area (Å²) in [6.07, 6.45) is 3.43. The molecule has 0 bridgehead atoms. The van der Waals surface area contributed by atoms with E-state index < -0.39 is 5.41 Å². The van der Waals surface area contributed by atoms with E-state index in [9.17, 15) is 14.0 Å². The third kappa shape index (κ3) is 2.71. The molecule has 25 heavy (non-hydrogen) atoms. The van der Waals surface area contributed by atoms with E-state index in [1.165, 1.54) is 12.1 Å². The minimum absolute atomic E-state index is 0.0758. The average molecular weight is 342 g/mol. The second-order valence-electron chi connectivity index (χ2n) is 6.77. The molecule has 0 saturated carbocycles. The monoisotopic (exact) mass is 342 g/mol. The van der Waals surface area contributed by atoms with Gasteiger partial charge in [-0.1, -0.05) is 12.1 Å². The zero-order chi connectivity index (χ0) is 17.4. The summed E-state index contributed by atoms with van der Waals surface area (Å²) in [4.78, 5) is 27.0. The number of hydrogen-bond donors (Lipinski definition) is 1. The number of carbonyl (C=O) groups is 2. The molecule has 130 valence electrons. The molecule has 2 fully saturated rings. The lowest BCUT2D eigenvalue weighted by Crippen LogP contribution is -2.46. The van der Waals surface area contributed by atoms with Crippen LogP contribution in [0.1, 0.15) is 30.6 Å². The standard InChI is InChI=1S/C19H19FN2O3/c20-14-5-3-13(4-6-14)19(10-15-7-8-17(23)22(15)12-19)18(24)21-11-16-2-1-9-25-16/h1-6,9,15H,7-8,10-12H2,(H,21,24)/t15-,19-/m0/s1. The maximum absolute atomic E-state index is 13.3. The highest BCUT2D eigenvalue weighted by Crippen LogP contribution is 2.43. The highest BCUT2D eigenvalue weighted by Gasteiger charge is 2.53. The number of nitrogens with one attached hydrogen (secondary N) is 1. The van der Waals surface area contributed by atoms with Crippen molar-refractivity contribution in [3.8, 4) is 0 Å². The molecule has 6 heteroatoms. The van der Waals surface area contributed by atoms with Gasteiger partial charge in [-0.25, -0.2) is 4.39 Å². The summed E-state index contributed by atoms with van der Waals surface area (Å²) in [5.41, 5.74) is -0.103. The van der Waals surface area contributed by atoms with Crippen molar-refractivity contribution in [2.24, 2.45) is 0 Å². The van der Waals surface area contributed by atoms with Gasteiger partial charge in [0.15, 0.2) is 0 Å². The lowest BCUT2D eigenvalue weighted by molar-refractivity contribution is -0.129. The third-order valence-electron chi connectivity index (χ3n) is 5.31. The number of furan rings is 1. The van der Waals surface area contributed by atoms with Crippen LogP contribution in [0.3, 0.4) is 0 Å². The number of amides is 2. The van der Waals surface area contributed by atoms with E-state index in [1.807, 2.05) is 0 Å². The Hall–Kier alpha value is -2.63. The van der Waals surface area contributed by atoms with Crippen LogP contribution < -0.4 is 5.32 Å². The van der Waals surface area contributed by atoms with E-state index in [2.05, 4.69) is 5.32 Å². The Morgan fingerprint density at radius 1 is 1.32 bits per heavy atom.